The standard InChI is InChI=1S/C22H20N2O4/c1-27-15-9-7-14(8-10-15)24-21(18-12-11-16(28-2)13-20(18)25)23-19-6-4-3-5-17(19)22(24)26/h3-13,21,23,25H,1-2H3/t21-/m0/s1. The van der Waals surface area contributed by atoms with Crippen molar-refractivity contribution in [3.8, 4) is 17.2 Å². The molecule has 0 unspecified atom stereocenters. The fraction of sp³-hybridized carbons (Fsp3) is 0.136. The molecule has 0 aliphatic carbocycles. The molecule has 28 heavy (non-hydrogen) atoms. The van der Waals surface area contributed by atoms with Gasteiger partial charge >= 0.3 is 0 Å². The molecule has 0 spiro atoms. The number of hydrogen-bond acceptors (Lipinski definition) is 5. The molecule has 1 heterocycles. The van der Waals surface area contributed by atoms with Crippen LogP contribution in [-0.4, -0.2) is 25.2 Å². The predicted molar refractivity (Wildman–Crippen MR) is 107 cm³/mol. The molecule has 142 valence electrons. The van der Waals surface area contributed by atoms with Crippen LogP contribution in [0.4, 0.5) is 11.4 Å². The van der Waals surface area contributed by atoms with Gasteiger partial charge in [-0.15, -0.1) is 0 Å². The second-order valence-corrected chi connectivity index (χ2v) is 6.39. The molecule has 1 amide bonds. The Hall–Kier alpha value is -3.67. The number of carbonyl (C=O) groups excluding carboxylic acids is 1. The van der Waals surface area contributed by atoms with Crippen molar-refractivity contribution in [3.63, 3.8) is 0 Å². The van der Waals surface area contributed by atoms with Gasteiger partial charge in [0.2, 0.25) is 0 Å². The van der Waals surface area contributed by atoms with Crippen LogP contribution < -0.4 is 19.7 Å². The van der Waals surface area contributed by atoms with Gasteiger partial charge < -0.3 is 19.9 Å². The van der Waals surface area contributed by atoms with Gasteiger partial charge in [-0.2, -0.15) is 0 Å². The van der Waals surface area contributed by atoms with Crippen LogP contribution in [0.1, 0.15) is 22.1 Å². The Labute approximate surface area is 162 Å². The Morgan fingerprint density at radius 2 is 1.61 bits per heavy atom. The van der Waals surface area contributed by atoms with Gasteiger partial charge in [-0.05, 0) is 48.5 Å². The summed E-state index contributed by atoms with van der Waals surface area (Å²) in [5, 5.41) is 14.0. The fourth-order valence-corrected chi connectivity index (χ4v) is 3.36. The summed E-state index contributed by atoms with van der Waals surface area (Å²) in [6.45, 7) is 0. The normalized spacial score (nSPS) is 15.6. The largest absolute Gasteiger partial charge is 0.507 e. The molecular formula is C22H20N2O4. The van der Waals surface area contributed by atoms with Crippen LogP contribution in [0.2, 0.25) is 0 Å². The Balaban J connectivity index is 1.84. The lowest BCUT2D eigenvalue weighted by Crippen LogP contribution is -2.43. The number of amides is 1. The highest BCUT2D eigenvalue weighted by Gasteiger charge is 2.35. The van der Waals surface area contributed by atoms with Crippen LogP contribution in [0.15, 0.2) is 66.7 Å². The van der Waals surface area contributed by atoms with E-state index >= 15 is 0 Å². The molecule has 1 atom stereocenters. The van der Waals surface area contributed by atoms with Crippen LogP contribution in [0.5, 0.6) is 17.2 Å². The molecule has 0 fully saturated rings. The average molecular weight is 376 g/mol. The van der Waals surface area contributed by atoms with Gasteiger partial charge in [-0.25, -0.2) is 0 Å². The summed E-state index contributed by atoms with van der Waals surface area (Å²) >= 11 is 0. The zero-order chi connectivity index (χ0) is 19.7. The topological polar surface area (TPSA) is 71.0 Å². The molecule has 6 heteroatoms. The Morgan fingerprint density at radius 3 is 2.29 bits per heavy atom. The first-order chi connectivity index (χ1) is 13.6. The van der Waals surface area contributed by atoms with Crippen molar-refractivity contribution in [1.29, 1.82) is 0 Å². The number of anilines is 2. The number of phenols is 1. The van der Waals surface area contributed by atoms with E-state index in [1.807, 2.05) is 30.3 Å². The number of methoxy groups -OCH3 is 2. The number of para-hydroxylation sites is 1. The Bertz CT molecular complexity index is 1020. The van der Waals surface area contributed by atoms with Crippen LogP contribution >= 0.6 is 0 Å². The zero-order valence-corrected chi connectivity index (χ0v) is 15.5. The van der Waals surface area contributed by atoms with E-state index in [0.29, 0.717) is 28.3 Å². The zero-order valence-electron chi connectivity index (χ0n) is 15.5. The van der Waals surface area contributed by atoms with Crippen molar-refractivity contribution < 1.29 is 19.4 Å². The quantitative estimate of drug-likeness (QED) is 0.715. The molecule has 3 aromatic carbocycles. The monoisotopic (exact) mass is 376 g/mol. The van der Waals surface area contributed by atoms with Crippen LogP contribution in [-0.2, 0) is 0 Å². The van der Waals surface area contributed by atoms with E-state index in [2.05, 4.69) is 5.32 Å². The molecule has 0 saturated heterocycles. The summed E-state index contributed by atoms with van der Waals surface area (Å²) in [6, 6.07) is 19.6. The van der Waals surface area contributed by atoms with Gasteiger partial charge in [0.25, 0.3) is 5.91 Å². The third-order valence-electron chi connectivity index (χ3n) is 4.81. The number of nitrogens with zero attached hydrogens (tertiary/aromatic N) is 1. The maximum atomic E-state index is 13.3. The average Bonchev–Trinajstić information content (AvgIpc) is 2.74. The van der Waals surface area contributed by atoms with Gasteiger partial charge in [0.1, 0.15) is 23.4 Å². The van der Waals surface area contributed by atoms with Crippen molar-refractivity contribution in [1.82, 2.24) is 0 Å². The lowest BCUT2D eigenvalue weighted by atomic mass is 10.0. The van der Waals surface area contributed by atoms with Crippen molar-refractivity contribution in [2.24, 2.45) is 0 Å². The van der Waals surface area contributed by atoms with Gasteiger partial charge in [0.05, 0.1) is 19.8 Å². The molecular weight excluding hydrogens is 356 g/mol. The van der Waals surface area contributed by atoms with Crippen LogP contribution in [0.3, 0.4) is 0 Å². The Kier molecular flexibility index (Phi) is 4.53. The molecule has 1 aliphatic rings. The van der Waals surface area contributed by atoms with E-state index in [9.17, 15) is 9.90 Å². The molecule has 2 N–H and O–H groups in total. The summed E-state index contributed by atoms with van der Waals surface area (Å²) in [4.78, 5) is 15.0. The second kappa shape index (κ2) is 7.15. The summed E-state index contributed by atoms with van der Waals surface area (Å²) in [6.07, 6.45) is -0.582. The summed E-state index contributed by atoms with van der Waals surface area (Å²) in [7, 11) is 3.13. The first kappa shape index (κ1) is 17.7. The number of phenolic OH excluding ortho intramolecular Hbond substituents is 1. The van der Waals surface area contributed by atoms with Gasteiger partial charge in [0.15, 0.2) is 0 Å². The summed E-state index contributed by atoms with van der Waals surface area (Å²) in [5.74, 6) is 1.13. The number of ether oxygens (including phenoxy) is 2. The van der Waals surface area contributed by atoms with E-state index in [0.717, 1.165) is 5.69 Å². The number of carbonyl (C=O) groups is 1. The van der Waals surface area contributed by atoms with Gasteiger partial charge in [-0.1, -0.05) is 12.1 Å². The van der Waals surface area contributed by atoms with Crippen LogP contribution in [0, 0.1) is 0 Å². The first-order valence-electron chi connectivity index (χ1n) is 8.82. The fourth-order valence-electron chi connectivity index (χ4n) is 3.36. The maximum absolute atomic E-state index is 13.3. The number of fused-ring (bicyclic) bond motifs is 1. The van der Waals surface area contributed by atoms with E-state index in [1.54, 1.807) is 42.3 Å². The van der Waals surface area contributed by atoms with Crippen LogP contribution in [0.25, 0.3) is 0 Å². The highest BCUT2D eigenvalue weighted by atomic mass is 16.5. The molecule has 6 nitrogen and oxygen atoms in total. The lowest BCUT2D eigenvalue weighted by Gasteiger charge is -2.38. The van der Waals surface area contributed by atoms with Crippen molar-refractivity contribution in [2.45, 2.75) is 6.17 Å². The van der Waals surface area contributed by atoms with E-state index in [-0.39, 0.29) is 11.7 Å². The SMILES string of the molecule is COc1ccc(N2C(=O)c3ccccc3N[C@@H]2c2ccc(OC)cc2O)cc1. The predicted octanol–water partition coefficient (Wildman–Crippen LogP) is 4.18. The Morgan fingerprint density at radius 1 is 0.929 bits per heavy atom. The molecule has 0 saturated carbocycles. The molecule has 0 aromatic heterocycles. The highest BCUT2D eigenvalue weighted by molar-refractivity contribution is 6.12. The summed E-state index contributed by atoms with van der Waals surface area (Å²) in [5.41, 5.74) is 2.55. The molecule has 0 bridgehead atoms. The first-order valence-corrected chi connectivity index (χ1v) is 8.82. The minimum Gasteiger partial charge on any atom is -0.507 e. The highest BCUT2D eigenvalue weighted by Crippen LogP contribution is 2.40. The number of nitrogens with one attached hydrogen (secondary N) is 1. The summed E-state index contributed by atoms with van der Waals surface area (Å²) < 4.78 is 10.4. The minimum atomic E-state index is -0.582. The number of rotatable bonds is 4. The van der Waals surface area contributed by atoms with Crippen molar-refractivity contribution in [3.05, 3.63) is 77.9 Å². The molecule has 1 aliphatic heterocycles. The molecule has 3 aromatic rings. The van der Waals surface area contributed by atoms with E-state index in [1.165, 1.54) is 13.2 Å². The second-order valence-electron chi connectivity index (χ2n) is 6.39. The van der Waals surface area contributed by atoms with Gasteiger partial charge in [-0.3, -0.25) is 9.69 Å². The van der Waals surface area contributed by atoms with E-state index in [4.69, 9.17) is 9.47 Å². The lowest BCUT2D eigenvalue weighted by molar-refractivity contribution is 0.0974. The van der Waals surface area contributed by atoms with E-state index < -0.39 is 6.17 Å². The third kappa shape index (κ3) is 2.99. The molecule has 4 rings (SSSR count). The number of benzene rings is 3. The number of aromatic hydroxyl groups is 1. The van der Waals surface area contributed by atoms with Gasteiger partial charge in [0, 0.05) is 23.0 Å². The smallest absolute Gasteiger partial charge is 0.262 e. The molecule has 0 radical (unpaired) electrons. The van der Waals surface area contributed by atoms with Crippen molar-refractivity contribution in [2.75, 3.05) is 24.4 Å². The maximum Gasteiger partial charge on any atom is 0.262 e. The third-order valence-corrected chi connectivity index (χ3v) is 4.81. The number of hydrogen-bond donors (Lipinski definition) is 2. The van der Waals surface area contributed by atoms with Crippen molar-refractivity contribution >= 4 is 17.3 Å². The minimum absolute atomic E-state index is 0.0440.